The maximum atomic E-state index is 6.17. The summed E-state index contributed by atoms with van der Waals surface area (Å²) in [5.41, 5.74) is 7.22. The van der Waals surface area contributed by atoms with Crippen molar-refractivity contribution in [2.24, 2.45) is 5.73 Å². The molecule has 1 heterocycles. The summed E-state index contributed by atoms with van der Waals surface area (Å²) < 4.78 is 16.5. The van der Waals surface area contributed by atoms with Crippen LogP contribution in [0.5, 0.6) is 5.75 Å². The van der Waals surface area contributed by atoms with Gasteiger partial charge in [0.15, 0.2) is 0 Å². The Morgan fingerprint density at radius 2 is 2.11 bits per heavy atom. The highest BCUT2D eigenvalue weighted by Gasteiger charge is 2.23. The molecule has 18 heavy (non-hydrogen) atoms. The first kappa shape index (κ1) is 13.3. The number of nitrogens with two attached hydrogens (primary N) is 1. The lowest BCUT2D eigenvalue weighted by Crippen LogP contribution is -2.37. The van der Waals surface area contributed by atoms with Crippen molar-refractivity contribution in [3.05, 3.63) is 29.8 Å². The van der Waals surface area contributed by atoms with Gasteiger partial charge in [-0.3, -0.25) is 0 Å². The normalized spacial score (nSPS) is 21.6. The minimum absolute atomic E-state index is 0.0545. The summed E-state index contributed by atoms with van der Waals surface area (Å²) in [6.45, 7) is 4.67. The molecule has 2 rings (SSSR count). The molecule has 0 aromatic heterocycles. The van der Waals surface area contributed by atoms with Crippen molar-refractivity contribution in [1.29, 1.82) is 0 Å². The molecule has 4 nitrogen and oxygen atoms in total. The minimum atomic E-state index is -0.148. The Morgan fingerprint density at radius 1 is 1.33 bits per heavy atom. The van der Waals surface area contributed by atoms with Gasteiger partial charge < -0.3 is 19.9 Å². The van der Waals surface area contributed by atoms with E-state index in [1.54, 1.807) is 0 Å². The van der Waals surface area contributed by atoms with Crippen LogP contribution >= 0.6 is 0 Å². The molecule has 1 fully saturated rings. The van der Waals surface area contributed by atoms with Gasteiger partial charge in [0, 0.05) is 0 Å². The molecule has 1 aliphatic rings. The predicted octanol–water partition coefficient (Wildman–Crippen LogP) is 1.89. The minimum Gasteiger partial charge on any atom is -0.494 e. The van der Waals surface area contributed by atoms with Crippen LogP contribution in [-0.4, -0.2) is 32.5 Å². The number of hydrogen-bond acceptors (Lipinski definition) is 4. The first-order valence-corrected chi connectivity index (χ1v) is 6.49. The van der Waals surface area contributed by atoms with Gasteiger partial charge in [0.1, 0.15) is 11.9 Å². The molecule has 0 saturated carbocycles. The van der Waals surface area contributed by atoms with Gasteiger partial charge in [0.05, 0.1) is 32.5 Å². The van der Waals surface area contributed by atoms with Crippen molar-refractivity contribution in [3.63, 3.8) is 0 Å². The highest BCUT2D eigenvalue weighted by molar-refractivity contribution is 5.29. The van der Waals surface area contributed by atoms with Gasteiger partial charge in [-0.2, -0.15) is 0 Å². The molecule has 1 aromatic carbocycles. The van der Waals surface area contributed by atoms with E-state index in [-0.39, 0.29) is 12.1 Å². The van der Waals surface area contributed by atoms with Crippen molar-refractivity contribution in [2.75, 3.05) is 26.4 Å². The molecule has 4 heteroatoms. The fourth-order valence-corrected chi connectivity index (χ4v) is 1.93. The summed E-state index contributed by atoms with van der Waals surface area (Å²) in [6.07, 6.45) is 0.954. The van der Waals surface area contributed by atoms with Gasteiger partial charge in [-0.15, -0.1) is 0 Å². The highest BCUT2D eigenvalue weighted by Crippen LogP contribution is 2.21. The average Bonchev–Trinajstić information content (AvgIpc) is 2.46. The van der Waals surface area contributed by atoms with Gasteiger partial charge in [-0.25, -0.2) is 0 Å². The van der Waals surface area contributed by atoms with E-state index in [0.717, 1.165) is 24.3 Å². The van der Waals surface area contributed by atoms with Crippen molar-refractivity contribution in [2.45, 2.75) is 25.5 Å². The molecular weight excluding hydrogens is 230 g/mol. The molecule has 0 radical (unpaired) electrons. The van der Waals surface area contributed by atoms with Crippen molar-refractivity contribution in [1.82, 2.24) is 0 Å². The van der Waals surface area contributed by atoms with E-state index in [1.165, 1.54) is 0 Å². The first-order valence-electron chi connectivity index (χ1n) is 6.49. The highest BCUT2D eigenvalue weighted by atomic mass is 16.6. The molecule has 0 amide bonds. The van der Waals surface area contributed by atoms with E-state index in [4.69, 9.17) is 19.9 Å². The molecule has 1 aromatic rings. The van der Waals surface area contributed by atoms with E-state index in [9.17, 15) is 0 Å². The Bertz CT molecular complexity index is 347. The summed E-state index contributed by atoms with van der Waals surface area (Å²) in [5.74, 6) is 0.883. The topological polar surface area (TPSA) is 53.7 Å². The quantitative estimate of drug-likeness (QED) is 0.868. The standard InChI is InChI=1S/C14H21NO3/c1-2-7-17-12-5-3-11(4-6-12)14(15)13-10-16-8-9-18-13/h3-6,13-14H,2,7-10,15H2,1H3. The van der Waals surface area contributed by atoms with Gasteiger partial charge >= 0.3 is 0 Å². The molecule has 1 saturated heterocycles. The summed E-state index contributed by atoms with van der Waals surface area (Å²) in [4.78, 5) is 0. The molecular formula is C14H21NO3. The van der Waals surface area contributed by atoms with Crippen molar-refractivity contribution < 1.29 is 14.2 Å². The Hall–Kier alpha value is -1.10. The fraction of sp³-hybridized carbons (Fsp3) is 0.571. The number of benzene rings is 1. The average molecular weight is 251 g/mol. The van der Waals surface area contributed by atoms with E-state index < -0.39 is 0 Å². The van der Waals surface area contributed by atoms with Crippen LogP contribution in [0, 0.1) is 0 Å². The van der Waals surface area contributed by atoms with Crippen LogP contribution in [0.25, 0.3) is 0 Å². The molecule has 0 spiro atoms. The van der Waals surface area contributed by atoms with Crippen molar-refractivity contribution >= 4 is 0 Å². The fourth-order valence-electron chi connectivity index (χ4n) is 1.93. The van der Waals surface area contributed by atoms with Crippen LogP contribution in [0.3, 0.4) is 0 Å². The molecule has 100 valence electrons. The monoisotopic (exact) mass is 251 g/mol. The molecule has 2 unspecified atom stereocenters. The zero-order valence-electron chi connectivity index (χ0n) is 10.8. The van der Waals surface area contributed by atoms with Gasteiger partial charge in [0.2, 0.25) is 0 Å². The third-order valence-corrected chi connectivity index (χ3v) is 2.98. The van der Waals surface area contributed by atoms with Crippen LogP contribution < -0.4 is 10.5 Å². The van der Waals surface area contributed by atoms with Crippen LogP contribution in [0.15, 0.2) is 24.3 Å². The van der Waals surface area contributed by atoms with E-state index >= 15 is 0 Å². The summed E-state index contributed by atoms with van der Waals surface area (Å²) in [5, 5.41) is 0. The Morgan fingerprint density at radius 3 is 2.72 bits per heavy atom. The Labute approximate surface area is 108 Å². The maximum Gasteiger partial charge on any atom is 0.119 e. The van der Waals surface area contributed by atoms with E-state index in [2.05, 4.69) is 6.92 Å². The molecule has 0 bridgehead atoms. The summed E-state index contributed by atoms with van der Waals surface area (Å²) in [7, 11) is 0. The molecule has 2 atom stereocenters. The third-order valence-electron chi connectivity index (χ3n) is 2.98. The molecule has 1 aliphatic heterocycles. The third kappa shape index (κ3) is 3.45. The zero-order valence-corrected chi connectivity index (χ0v) is 10.8. The van der Waals surface area contributed by atoms with E-state index in [0.29, 0.717) is 19.8 Å². The van der Waals surface area contributed by atoms with Crippen LogP contribution in [0.2, 0.25) is 0 Å². The smallest absolute Gasteiger partial charge is 0.119 e. The predicted molar refractivity (Wildman–Crippen MR) is 69.7 cm³/mol. The second-order valence-corrected chi connectivity index (χ2v) is 4.43. The largest absolute Gasteiger partial charge is 0.494 e. The zero-order chi connectivity index (χ0) is 12.8. The molecule has 0 aliphatic carbocycles. The van der Waals surface area contributed by atoms with Crippen LogP contribution in [0.4, 0.5) is 0 Å². The van der Waals surface area contributed by atoms with Gasteiger partial charge in [-0.1, -0.05) is 19.1 Å². The number of ether oxygens (including phenoxy) is 3. The Kier molecular flexibility index (Phi) is 4.99. The summed E-state index contributed by atoms with van der Waals surface area (Å²) >= 11 is 0. The van der Waals surface area contributed by atoms with E-state index in [1.807, 2.05) is 24.3 Å². The van der Waals surface area contributed by atoms with Crippen LogP contribution in [-0.2, 0) is 9.47 Å². The lowest BCUT2D eigenvalue weighted by molar-refractivity contribution is -0.0975. The SMILES string of the molecule is CCCOc1ccc(C(N)C2COCCO2)cc1. The second-order valence-electron chi connectivity index (χ2n) is 4.43. The first-order chi connectivity index (χ1) is 8.81. The maximum absolute atomic E-state index is 6.17. The number of hydrogen-bond donors (Lipinski definition) is 1. The van der Waals surface area contributed by atoms with Gasteiger partial charge in [-0.05, 0) is 24.1 Å². The lowest BCUT2D eigenvalue weighted by atomic mass is 10.0. The summed E-state index contributed by atoms with van der Waals surface area (Å²) in [6, 6.07) is 7.75. The lowest BCUT2D eigenvalue weighted by Gasteiger charge is -2.28. The van der Waals surface area contributed by atoms with Gasteiger partial charge in [0.25, 0.3) is 0 Å². The second kappa shape index (κ2) is 6.73. The molecule has 2 N–H and O–H groups in total. The van der Waals surface area contributed by atoms with Crippen LogP contribution in [0.1, 0.15) is 24.9 Å². The Balaban J connectivity index is 1.95. The van der Waals surface area contributed by atoms with Crippen molar-refractivity contribution in [3.8, 4) is 5.75 Å². The number of rotatable bonds is 5.